The summed E-state index contributed by atoms with van der Waals surface area (Å²) in [7, 11) is 1.63. The van der Waals surface area contributed by atoms with E-state index in [1.54, 1.807) is 7.11 Å². The summed E-state index contributed by atoms with van der Waals surface area (Å²) in [5.74, 6) is 1.98. The average Bonchev–Trinajstić information content (AvgIpc) is 3.28. The number of ether oxygens (including phenoxy) is 2. The van der Waals surface area contributed by atoms with E-state index >= 15 is 0 Å². The largest absolute Gasteiger partial charge is 0.493 e. The normalized spacial score (nSPS) is 13.7. The fourth-order valence-corrected chi connectivity index (χ4v) is 3.11. The number of rotatable bonds is 6. The quantitative estimate of drug-likeness (QED) is 0.819. The number of thiazole rings is 1. The molecule has 108 valence electrons. The van der Waals surface area contributed by atoms with Crippen molar-refractivity contribution in [2.75, 3.05) is 13.7 Å². The van der Waals surface area contributed by atoms with Crippen molar-refractivity contribution in [2.24, 2.45) is 0 Å². The van der Waals surface area contributed by atoms with Gasteiger partial charge in [-0.15, -0.1) is 11.3 Å². The van der Waals surface area contributed by atoms with Gasteiger partial charge < -0.3 is 9.47 Å². The third kappa shape index (κ3) is 3.17. The highest BCUT2D eigenvalue weighted by Crippen LogP contribution is 2.42. The van der Waals surface area contributed by atoms with E-state index in [4.69, 9.17) is 14.7 Å². The van der Waals surface area contributed by atoms with Gasteiger partial charge in [0, 0.05) is 12.3 Å². The van der Waals surface area contributed by atoms with E-state index in [9.17, 15) is 0 Å². The van der Waals surface area contributed by atoms with Gasteiger partial charge in [0.15, 0.2) is 11.5 Å². The minimum absolute atomic E-state index is 0.514. The zero-order valence-electron chi connectivity index (χ0n) is 11.8. The highest BCUT2D eigenvalue weighted by Gasteiger charge is 2.29. The molecule has 1 aromatic heterocycles. The van der Waals surface area contributed by atoms with Gasteiger partial charge in [0.05, 0.1) is 24.4 Å². The molecule has 21 heavy (non-hydrogen) atoms. The Hall–Kier alpha value is -2.06. The molecule has 5 heteroatoms. The van der Waals surface area contributed by atoms with Gasteiger partial charge in [-0.05, 0) is 25.0 Å². The molecule has 0 aliphatic heterocycles. The van der Waals surface area contributed by atoms with Gasteiger partial charge in [-0.1, -0.05) is 12.1 Å². The van der Waals surface area contributed by atoms with Crippen LogP contribution in [0, 0.1) is 11.3 Å². The first-order valence-corrected chi connectivity index (χ1v) is 7.79. The maximum absolute atomic E-state index is 9.15. The number of nitriles is 1. The standard InChI is InChI=1S/C16H16N2O2S/c1-19-12-4-2-3-5-13(12)20-9-8-15-18-16(11-6-7-11)14(10-17)21-15/h2-5,11H,6-9H2,1H3. The SMILES string of the molecule is COc1ccccc1OCCc1nc(C2CC2)c(C#N)s1. The minimum Gasteiger partial charge on any atom is -0.493 e. The van der Waals surface area contributed by atoms with Gasteiger partial charge in [-0.25, -0.2) is 4.98 Å². The first-order valence-electron chi connectivity index (χ1n) is 6.97. The van der Waals surface area contributed by atoms with Crippen molar-refractivity contribution in [3.63, 3.8) is 0 Å². The van der Waals surface area contributed by atoms with Crippen molar-refractivity contribution in [1.82, 2.24) is 4.98 Å². The maximum atomic E-state index is 9.15. The van der Waals surface area contributed by atoms with Crippen molar-refractivity contribution in [3.05, 3.63) is 39.8 Å². The Balaban J connectivity index is 1.62. The Morgan fingerprint density at radius 2 is 2.10 bits per heavy atom. The highest BCUT2D eigenvalue weighted by molar-refractivity contribution is 7.12. The second-order valence-electron chi connectivity index (χ2n) is 4.96. The molecular weight excluding hydrogens is 284 g/mol. The number of benzene rings is 1. The molecule has 1 heterocycles. The fraction of sp³-hybridized carbons (Fsp3) is 0.375. The van der Waals surface area contributed by atoms with E-state index in [1.807, 2.05) is 24.3 Å². The number of aromatic nitrogens is 1. The predicted molar refractivity (Wildman–Crippen MR) is 81.0 cm³/mol. The second kappa shape index (κ2) is 6.15. The van der Waals surface area contributed by atoms with Crippen LogP contribution < -0.4 is 9.47 Å². The van der Waals surface area contributed by atoms with E-state index in [1.165, 1.54) is 11.3 Å². The van der Waals surface area contributed by atoms with Crippen molar-refractivity contribution < 1.29 is 9.47 Å². The zero-order chi connectivity index (χ0) is 14.7. The average molecular weight is 300 g/mol. The van der Waals surface area contributed by atoms with Crippen LogP contribution in [0.2, 0.25) is 0 Å². The number of methoxy groups -OCH3 is 1. The number of hydrogen-bond donors (Lipinski definition) is 0. The molecule has 0 saturated heterocycles. The first kappa shape index (κ1) is 13.9. The zero-order valence-corrected chi connectivity index (χ0v) is 12.7. The highest BCUT2D eigenvalue weighted by atomic mass is 32.1. The van der Waals surface area contributed by atoms with Gasteiger partial charge in [0.1, 0.15) is 10.9 Å². The first-order chi connectivity index (χ1) is 10.3. The van der Waals surface area contributed by atoms with Gasteiger partial charge in [-0.3, -0.25) is 0 Å². The van der Waals surface area contributed by atoms with Crippen LogP contribution >= 0.6 is 11.3 Å². The van der Waals surface area contributed by atoms with E-state index in [2.05, 4.69) is 11.1 Å². The summed E-state index contributed by atoms with van der Waals surface area (Å²) < 4.78 is 11.0. The molecule has 2 aromatic rings. The van der Waals surface area contributed by atoms with Crippen LogP contribution in [-0.2, 0) is 6.42 Å². The molecular formula is C16H16N2O2S. The molecule has 1 aliphatic carbocycles. The monoisotopic (exact) mass is 300 g/mol. The Bertz CT molecular complexity index is 671. The lowest BCUT2D eigenvalue weighted by molar-refractivity contribution is 0.297. The molecule has 0 N–H and O–H groups in total. The number of para-hydroxylation sites is 2. The summed E-state index contributed by atoms with van der Waals surface area (Å²) in [6, 6.07) is 9.84. The maximum Gasteiger partial charge on any atom is 0.161 e. The van der Waals surface area contributed by atoms with Crippen LogP contribution in [0.5, 0.6) is 11.5 Å². The molecule has 3 rings (SSSR count). The van der Waals surface area contributed by atoms with Crippen LogP contribution in [0.1, 0.15) is 34.3 Å². The third-order valence-electron chi connectivity index (χ3n) is 3.41. The summed E-state index contributed by atoms with van der Waals surface area (Å²) in [5, 5.41) is 10.1. The smallest absolute Gasteiger partial charge is 0.161 e. The lowest BCUT2D eigenvalue weighted by atomic mass is 10.2. The molecule has 0 bridgehead atoms. The van der Waals surface area contributed by atoms with E-state index in [0.29, 0.717) is 18.9 Å². The molecule has 4 nitrogen and oxygen atoms in total. The van der Waals surface area contributed by atoms with Crippen molar-refractivity contribution in [1.29, 1.82) is 5.26 Å². The second-order valence-corrected chi connectivity index (χ2v) is 6.04. The molecule has 0 radical (unpaired) electrons. The third-order valence-corrected chi connectivity index (χ3v) is 4.44. The minimum atomic E-state index is 0.514. The van der Waals surface area contributed by atoms with E-state index in [0.717, 1.165) is 39.9 Å². The van der Waals surface area contributed by atoms with E-state index < -0.39 is 0 Å². The van der Waals surface area contributed by atoms with Crippen LogP contribution in [0.3, 0.4) is 0 Å². The molecule has 0 amide bonds. The summed E-state index contributed by atoms with van der Waals surface area (Å²) in [6.07, 6.45) is 3.04. The Labute approximate surface area is 128 Å². The Morgan fingerprint density at radius 3 is 2.76 bits per heavy atom. The summed E-state index contributed by atoms with van der Waals surface area (Å²) in [4.78, 5) is 5.37. The van der Waals surface area contributed by atoms with Crippen molar-refractivity contribution >= 4 is 11.3 Å². The van der Waals surface area contributed by atoms with Crippen LogP contribution in [0.15, 0.2) is 24.3 Å². The topological polar surface area (TPSA) is 55.1 Å². The number of nitrogens with zero attached hydrogens (tertiary/aromatic N) is 2. The van der Waals surface area contributed by atoms with Crippen LogP contribution in [0.4, 0.5) is 0 Å². The van der Waals surface area contributed by atoms with Gasteiger partial charge in [0.2, 0.25) is 0 Å². The fourth-order valence-electron chi connectivity index (χ4n) is 2.18. The van der Waals surface area contributed by atoms with E-state index in [-0.39, 0.29) is 0 Å². The lowest BCUT2D eigenvalue weighted by Gasteiger charge is -2.09. The van der Waals surface area contributed by atoms with Gasteiger partial charge in [-0.2, -0.15) is 5.26 Å². The number of hydrogen-bond acceptors (Lipinski definition) is 5. The lowest BCUT2D eigenvalue weighted by Crippen LogP contribution is -2.02. The Kier molecular flexibility index (Phi) is 4.07. The summed E-state index contributed by atoms with van der Waals surface area (Å²) in [6.45, 7) is 0.531. The molecule has 0 unspecified atom stereocenters. The van der Waals surface area contributed by atoms with Gasteiger partial charge >= 0.3 is 0 Å². The summed E-state index contributed by atoms with van der Waals surface area (Å²) >= 11 is 1.49. The molecule has 1 fully saturated rings. The predicted octanol–water partition coefficient (Wildman–Crippen LogP) is 3.52. The van der Waals surface area contributed by atoms with Gasteiger partial charge in [0.25, 0.3) is 0 Å². The van der Waals surface area contributed by atoms with Crippen molar-refractivity contribution in [2.45, 2.75) is 25.2 Å². The molecule has 0 atom stereocenters. The molecule has 1 aliphatic rings. The van der Waals surface area contributed by atoms with Crippen LogP contribution in [0.25, 0.3) is 0 Å². The molecule has 1 aromatic carbocycles. The van der Waals surface area contributed by atoms with Crippen molar-refractivity contribution in [3.8, 4) is 17.6 Å². The molecule has 0 spiro atoms. The summed E-state index contributed by atoms with van der Waals surface area (Å²) in [5.41, 5.74) is 0.995. The van der Waals surface area contributed by atoms with Crippen LogP contribution in [-0.4, -0.2) is 18.7 Å². The molecule has 1 saturated carbocycles. The Morgan fingerprint density at radius 1 is 1.33 bits per heavy atom.